The highest BCUT2D eigenvalue weighted by Gasteiger charge is 2.30. The van der Waals surface area contributed by atoms with E-state index in [9.17, 15) is 13.2 Å². The minimum absolute atomic E-state index is 0.127. The van der Waals surface area contributed by atoms with Crippen LogP contribution in [0.5, 0.6) is 0 Å². The summed E-state index contributed by atoms with van der Waals surface area (Å²) < 4.78 is 42.6. The highest BCUT2D eigenvalue weighted by Crippen LogP contribution is 2.41. The maximum absolute atomic E-state index is 12.4. The van der Waals surface area contributed by atoms with E-state index in [1.807, 2.05) is 6.92 Å². The van der Waals surface area contributed by atoms with Gasteiger partial charge in [-0.1, -0.05) is 12.1 Å². The molecule has 0 spiro atoms. The molecule has 2 nitrogen and oxygen atoms in total. The molecular formula is C13H12F3NOS. The van der Waals surface area contributed by atoms with Crippen LogP contribution in [0.1, 0.15) is 18.7 Å². The van der Waals surface area contributed by atoms with E-state index in [2.05, 4.69) is 5.32 Å². The molecule has 0 radical (unpaired) electrons. The predicted molar refractivity (Wildman–Crippen MR) is 69.1 cm³/mol. The molecule has 0 amide bonds. The molecule has 1 unspecified atom stereocenters. The Bertz CT molecular complexity index is 525. The summed E-state index contributed by atoms with van der Waals surface area (Å²) in [6.45, 7) is 1.83. The summed E-state index contributed by atoms with van der Waals surface area (Å²) in [7, 11) is 0. The van der Waals surface area contributed by atoms with Gasteiger partial charge in [-0.05, 0) is 43.0 Å². The molecule has 1 heterocycles. The van der Waals surface area contributed by atoms with Gasteiger partial charge in [0.2, 0.25) is 0 Å². The topological polar surface area (TPSA) is 25.2 Å². The fourth-order valence-corrected chi connectivity index (χ4v) is 2.27. The van der Waals surface area contributed by atoms with Crippen LogP contribution in [0.4, 0.5) is 18.9 Å². The van der Waals surface area contributed by atoms with Gasteiger partial charge >= 0.3 is 5.51 Å². The lowest BCUT2D eigenvalue weighted by Crippen LogP contribution is -2.08. The third-order valence-electron chi connectivity index (χ3n) is 2.45. The second-order valence-corrected chi connectivity index (χ2v) is 5.03. The van der Waals surface area contributed by atoms with Crippen LogP contribution in [0.3, 0.4) is 0 Å². The molecule has 0 fully saturated rings. The number of furan rings is 1. The van der Waals surface area contributed by atoms with Crippen molar-refractivity contribution in [2.24, 2.45) is 0 Å². The first-order chi connectivity index (χ1) is 8.96. The molecule has 1 aromatic heterocycles. The number of nitrogens with one attached hydrogen (secondary N) is 1. The van der Waals surface area contributed by atoms with E-state index in [1.54, 1.807) is 30.3 Å². The normalized spacial score (nSPS) is 13.3. The third kappa shape index (κ3) is 3.96. The molecule has 0 saturated carbocycles. The van der Waals surface area contributed by atoms with Crippen molar-refractivity contribution in [1.29, 1.82) is 0 Å². The van der Waals surface area contributed by atoms with Gasteiger partial charge in [-0.15, -0.1) is 0 Å². The molecule has 0 saturated heterocycles. The first kappa shape index (κ1) is 13.9. The SMILES string of the molecule is CC(Nc1ccccc1SC(F)(F)F)c1ccco1. The van der Waals surface area contributed by atoms with Crippen LogP contribution in [0.25, 0.3) is 0 Å². The summed E-state index contributed by atoms with van der Waals surface area (Å²) in [6, 6.07) is 9.64. The average molecular weight is 287 g/mol. The van der Waals surface area contributed by atoms with Crippen LogP contribution in [-0.2, 0) is 0 Å². The van der Waals surface area contributed by atoms with Crippen LogP contribution in [0.15, 0.2) is 52.0 Å². The van der Waals surface area contributed by atoms with E-state index < -0.39 is 5.51 Å². The lowest BCUT2D eigenvalue weighted by atomic mass is 10.2. The van der Waals surface area contributed by atoms with Crippen molar-refractivity contribution in [1.82, 2.24) is 0 Å². The molecular weight excluding hydrogens is 275 g/mol. The Morgan fingerprint density at radius 3 is 2.53 bits per heavy atom. The van der Waals surface area contributed by atoms with Gasteiger partial charge in [-0.25, -0.2) is 0 Å². The molecule has 102 valence electrons. The minimum Gasteiger partial charge on any atom is -0.467 e. The monoisotopic (exact) mass is 287 g/mol. The van der Waals surface area contributed by atoms with E-state index in [1.165, 1.54) is 12.3 Å². The highest BCUT2D eigenvalue weighted by atomic mass is 32.2. The Labute approximate surface area is 113 Å². The second kappa shape index (κ2) is 5.61. The van der Waals surface area contributed by atoms with Gasteiger partial charge in [0.15, 0.2) is 0 Å². The van der Waals surface area contributed by atoms with Crippen molar-refractivity contribution in [3.05, 3.63) is 48.4 Å². The lowest BCUT2D eigenvalue weighted by Gasteiger charge is -2.16. The highest BCUT2D eigenvalue weighted by molar-refractivity contribution is 8.00. The van der Waals surface area contributed by atoms with Crippen molar-refractivity contribution in [2.75, 3.05) is 5.32 Å². The third-order valence-corrected chi connectivity index (χ3v) is 3.26. The number of rotatable bonds is 4. The predicted octanol–water partition coefficient (Wildman–Crippen LogP) is 5.06. The van der Waals surface area contributed by atoms with Crippen molar-refractivity contribution in [3.8, 4) is 0 Å². The second-order valence-electron chi connectivity index (χ2n) is 3.93. The number of anilines is 1. The number of hydrogen-bond donors (Lipinski definition) is 1. The molecule has 1 N–H and O–H groups in total. The van der Waals surface area contributed by atoms with Gasteiger partial charge in [0, 0.05) is 10.6 Å². The molecule has 0 aliphatic carbocycles. The summed E-state index contributed by atoms with van der Waals surface area (Å²) in [4.78, 5) is 0.147. The standard InChI is InChI=1S/C13H12F3NOS/c1-9(11-6-4-8-18-11)17-10-5-2-3-7-12(10)19-13(14,15)16/h2-9,17H,1H3. The maximum atomic E-state index is 12.4. The average Bonchev–Trinajstić information content (AvgIpc) is 2.83. The first-order valence-corrected chi connectivity index (χ1v) is 6.42. The number of hydrogen-bond acceptors (Lipinski definition) is 3. The zero-order valence-electron chi connectivity index (χ0n) is 10.1. The van der Waals surface area contributed by atoms with Crippen LogP contribution in [0, 0.1) is 0 Å². The van der Waals surface area contributed by atoms with E-state index in [-0.39, 0.29) is 22.7 Å². The van der Waals surface area contributed by atoms with Crippen LogP contribution in [-0.4, -0.2) is 5.51 Å². The molecule has 2 rings (SSSR count). The number of halogens is 3. The molecule has 1 atom stereocenters. The molecule has 19 heavy (non-hydrogen) atoms. The Morgan fingerprint density at radius 2 is 1.89 bits per heavy atom. The van der Waals surface area contributed by atoms with Gasteiger partial charge in [0.1, 0.15) is 5.76 Å². The van der Waals surface area contributed by atoms with E-state index in [4.69, 9.17) is 4.42 Å². The smallest absolute Gasteiger partial charge is 0.446 e. The molecule has 1 aromatic carbocycles. The Balaban J connectivity index is 2.16. The molecule has 2 aromatic rings. The lowest BCUT2D eigenvalue weighted by molar-refractivity contribution is -0.0327. The summed E-state index contributed by atoms with van der Waals surface area (Å²) >= 11 is -0.127. The Hall–Kier alpha value is -1.56. The zero-order chi connectivity index (χ0) is 13.9. The fraction of sp³-hybridized carbons (Fsp3) is 0.231. The summed E-state index contributed by atoms with van der Waals surface area (Å²) in [5.74, 6) is 0.673. The van der Waals surface area contributed by atoms with Crippen molar-refractivity contribution in [3.63, 3.8) is 0 Å². The number of thioether (sulfide) groups is 1. The Morgan fingerprint density at radius 1 is 1.16 bits per heavy atom. The molecule has 6 heteroatoms. The summed E-state index contributed by atoms with van der Waals surface area (Å²) in [5, 5.41) is 3.02. The number of para-hydroxylation sites is 1. The number of benzene rings is 1. The minimum atomic E-state index is -4.30. The van der Waals surface area contributed by atoms with E-state index >= 15 is 0 Å². The number of alkyl halides is 3. The van der Waals surface area contributed by atoms with Gasteiger partial charge in [-0.3, -0.25) is 0 Å². The van der Waals surface area contributed by atoms with Crippen LogP contribution in [0.2, 0.25) is 0 Å². The fourth-order valence-electron chi connectivity index (χ4n) is 1.64. The van der Waals surface area contributed by atoms with Crippen LogP contribution < -0.4 is 5.32 Å². The largest absolute Gasteiger partial charge is 0.467 e. The van der Waals surface area contributed by atoms with Crippen molar-refractivity contribution >= 4 is 17.4 Å². The quantitative estimate of drug-likeness (QED) is 0.795. The van der Waals surface area contributed by atoms with Gasteiger partial charge in [-0.2, -0.15) is 13.2 Å². The van der Waals surface area contributed by atoms with E-state index in [0.717, 1.165) is 0 Å². The summed E-state index contributed by atoms with van der Waals surface area (Å²) in [5.41, 5.74) is -3.86. The van der Waals surface area contributed by atoms with Crippen LogP contribution >= 0.6 is 11.8 Å². The molecule has 0 bridgehead atoms. The maximum Gasteiger partial charge on any atom is 0.446 e. The molecule has 0 aliphatic rings. The van der Waals surface area contributed by atoms with Gasteiger partial charge in [0.25, 0.3) is 0 Å². The molecule has 0 aliphatic heterocycles. The van der Waals surface area contributed by atoms with Gasteiger partial charge in [0.05, 0.1) is 12.3 Å². The van der Waals surface area contributed by atoms with Crippen molar-refractivity contribution < 1.29 is 17.6 Å². The van der Waals surface area contributed by atoms with E-state index in [0.29, 0.717) is 11.4 Å². The van der Waals surface area contributed by atoms with Crippen molar-refractivity contribution in [2.45, 2.75) is 23.4 Å². The van der Waals surface area contributed by atoms with Gasteiger partial charge < -0.3 is 9.73 Å². The zero-order valence-corrected chi connectivity index (χ0v) is 10.9. The Kier molecular flexibility index (Phi) is 4.09. The first-order valence-electron chi connectivity index (χ1n) is 5.60. The summed E-state index contributed by atoms with van der Waals surface area (Å²) in [6.07, 6.45) is 1.53.